The van der Waals surface area contributed by atoms with Gasteiger partial charge in [0.2, 0.25) is 15.9 Å². The average molecular weight is 342 g/mol. The fourth-order valence-electron chi connectivity index (χ4n) is 1.42. The maximum absolute atomic E-state index is 12.0. The predicted octanol–water partition coefficient (Wildman–Crippen LogP) is -1.00. The normalized spacial score (nSPS) is 16.0. The predicted molar refractivity (Wildman–Crippen MR) is 80.6 cm³/mol. The number of nitrogens with one attached hydrogen (secondary N) is 2. The summed E-state index contributed by atoms with van der Waals surface area (Å²) >= 11 is 1.43. The van der Waals surface area contributed by atoms with Crippen LogP contribution in [0.25, 0.3) is 0 Å². The maximum atomic E-state index is 12.0. The number of sulfonamides is 1. The Balaban J connectivity index is 4.98. The SMILES string of the molecule is CCS(=O)(=O)NC(CCSC)C(=O)NC(C(=O)O)C(C)O. The molecule has 0 bridgehead atoms. The summed E-state index contributed by atoms with van der Waals surface area (Å²) < 4.78 is 25.4. The van der Waals surface area contributed by atoms with Gasteiger partial charge in [-0.3, -0.25) is 4.79 Å². The minimum Gasteiger partial charge on any atom is -0.480 e. The highest BCUT2D eigenvalue weighted by molar-refractivity contribution is 7.98. The lowest BCUT2D eigenvalue weighted by atomic mass is 10.1. The summed E-state index contributed by atoms with van der Waals surface area (Å²) in [7, 11) is -3.60. The van der Waals surface area contributed by atoms with Crippen molar-refractivity contribution < 1.29 is 28.2 Å². The number of carbonyl (C=O) groups is 2. The van der Waals surface area contributed by atoms with Gasteiger partial charge in [0.05, 0.1) is 11.9 Å². The highest BCUT2D eigenvalue weighted by Gasteiger charge is 2.30. The van der Waals surface area contributed by atoms with Crippen molar-refractivity contribution in [3.8, 4) is 0 Å². The summed E-state index contributed by atoms with van der Waals surface area (Å²) in [6.45, 7) is 2.66. The zero-order valence-corrected chi connectivity index (χ0v) is 13.8. The molecule has 0 aromatic rings. The second-order valence-corrected chi connectivity index (χ2v) is 7.45. The Kier molecular flexibility index (Phi) is 8.86. The standard InChI is InChI=1S/C11H22N2O6S2/c1-4-21(18,19)13-8(5-6-20-3)10(15)12-9(7(2)14)11(16)17/h7-9,13-14H,4-6H2,1-3H3,(H,12,15)(H,16,17). The van der Waals surface area contributed by atoms with Crippen LogP contribution in [-0.2, 0) is 19.6 Å². The van der Waals surface area contributed by atoms with Gasteiger partial charge in [-0.2, -0.15) is 11.8 Å². The van der Waals surface area contributed by atoms with Crippen LogP contribution in [0, 0.1) is 0 Å². The number of hydrogen-bond acceptors (Lipinski definition) is 6. The molecule has 0 aromatic heterocycles. The molecular formula is C11H22N2O6S2. The lowest BCUT2D eigenvalue weighted by Crippen LogP contribution is -2.55. The van der Waals surface area contributed by atoms with E-state index in [0.717, 1.165) is 0 Å². The van der Waals surface area contributed by atoms with Gasteiger partial charge in [0.25, 0.3) is 0 Å². The van der Waals surface area contributed by atoms with Crippen LogP contribution in [0.5, 0.6) is 0 Å². The van der Waals surface area contributed by atoms with Crippen molar-refractivity contribution >= 4 is 33.7 Å². The summed E-state index contributed by atoms with van der Waals surface area (Å²) in [6.07, 6.45) is 0.729. The van der Waals surface area contributed by atoms with Gasteiger partial charge in [0, 0.05) is 0 Å². The van der Waals surface area contributed by atoms with E-state index in [2.05, 4.69) is 10.0 Å². The third-order valence-corrected chi connectivity index (χ3v) is 4.72. The Morgan fingerprint density at radius 1 is 1.33 bits per heavy atom. The molecule has 0 aromatic carbocycles. The summed E-state index contributed by atoms with van der Waals surface area (Å²) in [6, 6.07) is -2.55. The molecule has 0 fully saturated rings. The lowest BCUT2D eigenvalue weighted by Gasteiger charge is -2.22. The fraction of sp³-hybridized carbons (Fsp3) is 0.818. The minimum absolute atomic E-state index is 0.186. The summed E-state index contributed by atoms with van der Waals surface area (Å²) in [4.78, 5) is 23.0. The van der Waals surface area contributed by atoms with E-state index in [1.165, 1.54) is 25.6 Å². The van der Waals surface area contributed by atoms with Gasteiger partial charge < -0.3 is 15.5 Å². The van der Waals surface area contributed by atoms with E-state index in [4.69, 9.17) is 5.11 Å². The van der Waals surface area contributed by atoms with E-state index in [1.807, 2.05) is 0 Å². The molecule has 0 aliphatic heterocycles. The molecule has 1 amide bonds. The number of carboxylic acid groups (broad SMARTS) is 1. The largest absolute Gasteiger partial charge is 0.480 e. The Bertz CT molecular complexity index is 452. The van der Waals surface area contributed by atoms with Gasteiger partial charge in [-0.25, -0.2) is 17.9 Å². The smallest absolute Gasteiger partial charge is 0.328 e. The van der Waals surface area contributed by atoms with Gasteiger partial charge >= 0.3 is 5.97 Å². The Labute approximate surface area is 128 Å². The van der Waals surface area contributed by atoms with Crippen molar-refractivity contribution in [1.82, 2.24) is 10.0 Å². The zero-order chi connectivity index (χ0) is 16.6. The zero-order valence-electron chi connectivity index (χ0n) is 12.2. The minimum atomic E-state index is -3.60. The molecule has 0 saturated carbocycles. The average Bonchev–Trinajstić information content (AvgIpc) is 2.39. The number of hydrogen-bond donors (Lipinski definition) is 4. The van der Waals surface area contributed by atoms with Crippen LogP contribution in [0.1, 0.15) is 20.3 Å². The molecule has 0 saturated heterocycles. The van der Waals surface area contributed by atoms with E-state index in [-0.39, 0.29) is 12.2 Å². The third-order valence-electron chi connectivity index (χ3n) is 2.68. The van der Waals surface area contributed by atoms with E-state index in [0.29, 0.717) is 5.75 Å². The van der Waals surface area contributed by atoms with Crippen molar-refractivity contribution in [3.63, 3.8) is 0 Å². The lowest BCUT2D eigenvalue weighted by molar-refractivity contribution is -0.145. The van der Waals surface area contributed by atoms with Gasteiger partial charge in [-0.05, 0) is 32.3 Å². The quantitative estimate of drug-likeness (QED) is 0.400. The molecular weight excluding hydrogens is 320 g/mol. The number of aliphatic carboxylic acids is 1. The van der Waals surface area contributed by atoms with Gasteiger partial charge in [0.1, 0.15) is 6.04 Å². The van der Waals surface area contributed by atoms with E-state index < -0.39 is 40.1 Å². The molecule has 124 valence electrons. The van der Waals surface area contributed by atoms with Gasteiger partial charge in [-0.1, -0.05) is 0 Å². The first kappa shape index (κ1) is 20.2. The number of carbonyl (C=O) groups excluding carboxylic acids is 1. The number of thioether (sulfide) groups is 1. The Morgan fingerprint density at radius 2 is 1.90 bits per heavy atom. The van der Waals surface area contributed by atoms with E-state index in [9.17, 15) is 23.1 Å². The molecule has 0 spiro atoms. The first-order valence-electron chi connectivity index (χ1n) is 6.34. The third kappa shape index (κ3) is 7.65. The summed E-state index contributed by atoms with van der Waals surface area (Å²) in [5.41, 5.74) is 0. The molecule has 10 heteroatoms. The van der Waals surface area contributed by atoms with Crippen LogP contribution in [0.2, 0.25) is 0 Å². The second-order valence-electron chi connectivity index (χ2n) is 4.42. The Hall–Kier alpha value is -0.840. The molecule has 4 N–H and O–H groups in total. The Morgan fingerprint density at radius 3 is 2.29 bits per heavy atom. The van der Waals surface area contributed by atoms with Gasteiger partial charge in [-0.15, -0.1) is 0 Å². The molecule has 3 atom stereocenters. The van der Waals surface area contributed by atoms with Gasteiger partial charge in [0.15, 0.2) is 6.04 Å². The topological polar surface area (TPSA) is 133 Å². The van der Waals surface area contributed by atoms with E-state index >= 15 is 0 Å². The number of aliphatic hydroxyl groups excluding tert-OH is 1. The molecule has 21 heavy (non-hydrogen) atoms. The maximum Gasteiger partial charge on any atom is 0.328 e. The molecule has 0 rings (SSSR count). The summed E-state index contributed by atoms with van der Waals surface area (Å²) in [5.74, 6) is -1.82. The first-order valence-corrected chi connectivity index (χ1v) is 9.39. The number of aliphatic hydroxyl groups is 1. The molecule has 3 unspecified atom stereocenters. The van der Waals surface area contributed by atoms with Crippen molar-refractivity contribution in [2.75, 3.05) is 17.8 Å². The monoisotopic (exact) mass is 342 g/mol. The highest BCUT2D eigenvalue weighted by atomic mass is 32.2. The molecule has 0 aliphatic rings. The van der Waals surface area contributed by atoms with Crippen molar-refractivity contribution in [2.24, 2.45) is 0 Å². The number of amides is 1. The van der Waals surface area contributed by atoms with Crippen LogP contribution in [0.15, 0.2) is 0 Å². The van der Waals surface area contributed by atoms with Crippen LogP contribution in [0.4, 0.5) is 0 Å². The number of rotatable bonds is 10. The summed E-state index contributed by atoms with van der Waals surface area (Å²) in [5, 5.41) is 20.4. The van der Waals surface area contributed by atoms with Crippen LogP contribution in [-0.4, -0.2) is 66.5 Å². The van der Waals surface area contributed by atoms with Crippen LogP contribution >= 0.6 is 11.8 Å². The fourth-order valence-corrected chi connectivity index (χ4v) is 2.72. The molecule has 8 nitrogen and oxygen atoms in total. The first-order chi connectivity index (χ1) is 9.64. The number of carboxylic acids is 1. The van der Waals surface area contributed by atoms with E-state index in [1.54, 1.807) is 6.26 Å². The molecule has 0 heterocycles. The molecule has 0 aliphatic carbocycles. The second kappa shape index (κ2) is 9.23. The van der Waals surface area contributed by atoms with Crippen LogP contribution in [0.3, 0.4) is 0 Å². The van der Waals surface area contributed by atoms with Crippen molar-refractivity contribution in [3.05, 3.63) is 0 Å². The molecule has 0 radical (unpaired) electrons. The highest BCUT2D eigenvalue weighted by Crippen LogP contribution is 2.04. The van der Waals surface area contributed by atoms with Crippen molar-refractivity contribution in [2.45, 2.75) is 38.5 Å². The van der Waals surface area contributed by atoms with Crippen molar-refractivity contribution in [1.29, 1.82) is 0 Å². The van der Waals surface area contributed by atoms with Crippen LogP contribution < -0.4 is 10.0 Å².